The first-order chi connectivity index (χ1) is 9.72. The number of carbonyl (C=O) groups is 2. The molecule has 0 aliphatic rings. The van der Waals surface area contributed by atoms with Gasteiger partial charge in [0.1, 0.15) is 5.15 Å². The van der Waals surface area contributed by atoms with E-state index in [2.05, 4.69) is 10.3 Å². The zero-order valence-electron chi connectivity index (χ0n) is 12.7. The van der Waals surface area contributed by atoms with Gasteiger partial charge in [0.05, 0.1) is 5.92 Å². The molecular weight excluding hydrogens is 292 g/mol. The van der Waals surface area contributed by atoms with Crippen LogP contribution in [0.3, 0.4) is 0 Å². The fraction of sp³-hybridized carbons (Fsp3) is 0.533. The molecule has 0 aromatic carbocycles. The number of aromatic nitrogens is 1. The van der Waals surface area contributed by atoms with Crippen molar-refractivity contribution in [1.82, 2.24) is 10.3 Å². The number of halogens is 1. The van der Waals surface area contributed by atoms with Gasteiger partial charge in [-0.25, -0.2) is 4.98 Å². The second kappa shape index (κ2) is 7.41. The van der Waals surface area contributed by atoms with E-state index in [4.69, 9.17) is 16.7 Å². The molecule has 0 fully saturated rings. The molecule has 1 unspecified atom stereocenters. The molecule has 1 heterocycles. The monoisotopic (exact) mass is 312 g/mol. The van der Waals surface area contributed by atoms with Crippen molar-refractivity contribution in [1.29, 1.82) is 0 Å². The van der Waals surface area contributed by atoms with Gasteiger partial charge in [-0.2, -0.15) is 0 Å². The van der Waals surface area contributed by atoms with Crippen LogP contribution in [0.15, 0.2) is 12.1 Å². The highest BCUT2D eigenvalue weighted by Gasteiger charge is 2.22. The van der Waals surface area contributed by atoms with E-state index in [-0.39, 0.29) is 29.4 Å². The van der Waals surface area contributed by atoms with Crippen molar-refractivity contribution in [3.63, 3.8) is 0 Å². The van der Waals surface area contributed by atoms with Crippen molar-refractivity contribution in [3.8, 4) is 0 Å². The van der Waals surface area contributed by atoms with Crippen LogP contribution in [0.2, 0.25) is 5.15 Å². The number of aliphatic carboxylic acids is 1. The molecule has 0 saturated heterocycles. The Kier molecular flexibility index (Phi) is 6.15. The predicted molar refractivity (Wildman–Crippen MR) is 81.6 cm³/mol. The lowest BCUT2D eigenvalue weighted by Gasteiger charge is -2.17. The molecule has 1 rings (SSSR count). The smallest absolute Gasteiger partial charge is 0.308 e. The minimum Gasteiger partial charge on any atom is -0.481 e. The van der Waals surface area contributed by atoms with Crippen LogP contribution in [0.25, 0.3) is 0 Å². The summed E-state index contributed by atoms with van der Waals surface area (Å²) in [4.78, 5) is 27.4. The van der Waals surface area contributed by atoms with Crippen LogP contribution in [0.1, 0.15) is 49.7 Å². The van der Waals surface area contributed by atoms with Crippen molar-refractivity contribution in [2.24, 2.45) is 11.8 Å². The molecule has 21 heavy (non-hydrogen) atoms. The summed E-state index contributed by atoms with van der Waals surface area (Å²) in [5, 5.41) is 12.0. The highest BCUT2D eigenvalue weighted by Crippen LogP contribution is 2.18. The first-order valence-electron chi connectivity index (χ1n) is 6.90. The molecule has 0 aliphatic carbocycles. The van der Waals surface area contributed by atoms with Crippen molar-refractivity contribution < 1.29 is 14.7 Å². The van der Waals surface area contributed by atoms with Crippen LogP contribution in [0.4, 0.5) is 0 Å². The molecule has 0 saturated carbocycles. The third-order valence-electron chi connectivity index (χ3n) is 3.27. The number of nitrogens with one attached hydrogen (secondary N) is 1. The first-order valence-corrected chi connectivity index (χ1v) is 7.28. The summed E-state index contributed by atoms with van der Waals surface area (Å²) >= 11 is 5.92. The summed E-state index contributed by atoms with van der Waals surface area (Å²) in [6.07, 6.45) is 0. The van der Waals surface area contributed by atoms with Gasteiger partial charge in [-0.3, -0.25) is 9.59 Å². The largest absolute Gasteiger partial charge is 0.481 e. The average molecular weight is 313 g/mol. The number of nitrogens with zero attached hydrogens (tertiary/aromatic N) is 1. The van der Waals surface area contributed by atoms with Crippen LogP contribution >= 0.6 is 11.6 Å². The van der Waals surface area contributed by atoms with Gasteiger partial charge in [0, 0.05) is 17.8 Å². The van der Waals surface area contributed by atoms with E-state index in [0.29, 0.717) is 5.56 Å². The molecule has 0 bridgehead atoms. The average Bonchev–Trinajstić information content (AvgIpc) is 2.36. The van der Waals surface area contributed by atoms with Crippen LogP contribution in [-0.2, 0) is 4.79 Å². The quantitative estimate of drug-likeness (QED) is 0.791. The van der Waals surface area contributed by atoms with Gasteiger partial charge < -0.3 is 10.4 Å². The maximum atomic E-state index is 12.1. The van der Waals surface area contributed by atoms with Crippen molar-refractivity contribution in [3.05, 3.63) is 28.5 Å². The number of pyridine rings is 1. The molecule has 1 aromatic rings. The van der Waals surface area contributed by atoms with E-state index in [1.54, 1.807) is 6.07 Å². The normalized spacial score (nSPS) is 12.5. The third kappa shape index (κ3) is 5.01. The second-order valence-electron chi connectivity index (χ2n) is 5.66. The molecule has 1 aromatic heterocycles. The second-order valence-corrected chi connectivity index (χ2v) is 6.04. The molecule has 2 N–H and O–H groups in total. The molecule has 0 radical (unpaired) electrons. The molecule has 0 aliphatic heterocycles. The zero-order chi connectivity index (χ0) is 16.2. The lowest BCUT2D eigenvalue weighted by Crippen LogP contribution is -2.35. The van der Waals surface area contributed by atoms with Gasteiger partial charge in [-0.05, 0) is 24.0 Å². The maximum Gasteiger partial charge on any atom is 0.308 e. The minimum absolute atomic E-state index is 0.0601. The lowest BCUT2D eigenvalue weighted by atomic mass is 9.96. The number of carbonyl (C=O) groups excluding carboxylic acids is 1. The van der Waals surface area contributed by atoms with Crippen LogP contribution in [0.5, 0.6) is 0 Å². The minimum atomic E-state index is -0.916. The fourth-order valence-corrected chi connectivity index (χ4v) is 2.07. The number of carboxylic acids is 1. The summed E-state index contributed by atoms with van der Waals surface area (Å²) in [6.45, 7) is 7.62. The van der Waals surface area contributed by atoms with Gasteiger partial charge in [0.25, 0.3) is 5.91 Å². The first kappa shape index (κ1) is 17.4. The van der Waals surface area contributed by atoms with E-state index in [1.165, 1.54) is 6.07 Å². The predicted octanol–water partition coefficient (Wildman–Crippen LogP) is 2.95. The van der Waals surface area contributed by atoms with E-state index in [0.717, 1.165) is 5.69 Å². The van der Waals surface area contributed by atoms with Crippen molar-refractivity contribution >= 4 is 23.5 Å². The Labute approximate surface area is 129 Å². The number of rotatable bonds is 6. The Morgan fingerprint density at radius 1 is 1.29 bits per heavy atom. The fourth-order valence-electron chi connectivity index (χ4n) is 1.86. The van der Waals surface area contributed by atoms with Crippen LogP contribution in [0, 0.1) is 11.8 Å². The zero-order valence-corrected chi connectivity index (χ0v) is 13.4. The SMILES string of the molecule is CC(C)c1cc(C(=O)NCC(C(=O)O)C(C)C)cc(Cl)n1. The highest BCUT2D eigenvalue weighted by atomic mass is 35.5. The molecule has 116 valence electrons. The topological polar surface area (TPSA) is 79.3 Å². The van der Waals surface area contributed by atoms with Gasteiger partial charge in [0.15, 0.2) is 0 Å². The number of amides is 1. The number of hydrogen-bond acceptors (Lipinski definition) is 3. The summed E-state index contributed by atoms with van der Waals surface area (Å²) < 4.78 is 0. The third-order valence-corrected chi connectivity index (χ3v) is 3.47. The van der Waals surface area contributed by atoms with Crippen molar-refractivity contribution in [2.75, 3.05) is 6.54 Å². The number of hydrogen-bond donors (Lipinski definition) is 2. The molecule has 1 atom stereocenters. The van der Waals surface area contributed by atoms with E-state index >= 15 is 0 Å². The van der Waals surface area contributed by atoms with Gasteiger partial charge >= 0.3 is 5.97 Å². The standard InChI is InChI=1S/C15H21ClN2O3/c1-8(2)11(15(20)21)7-17-14(19)10-5-12(9(3)4)18-13(16)6-10/h5-6,8-9,11H,7H2,1-4H3,(H,17,19)(H,20,21). The Balaban J connectivity index is 2.82. The van der Waals surface area contributed by atoms with Crippen LogP contribution < -0.4 is 5.32 Å². The lowest BCUT2D eigenvalue weighted by molar-refractivity contribution is -0.142. The van der Waals surface area contributed by atoms with Crippen molar-refractivity contribution in [2.45, 2.75) is 33.6 Å². The summed E-state index contributed by atoms with van der Waals surface area (Å²) in [6, 6.07) is 3.16. The summed E-state index contributed by atoms with van der Waals surface area (Å²) in [7, 11) is 0. The summed E-state index contributed by atoms with van der Waals surface area (Å²) in [5.41, 5.74) is 1.12. The molecule has 0 spiro atoms. The van der Waals surface area contributed by atoms with E-state index < -0.39 is 11.9 Å². The summed E-state index contributed by atoms with van der Waals surface area (Å²) in [5.74, 6) is -1.78. The van der Waals surface area contributed by atoms with Gasteiger partial charge in [0.2, 0.25) is 0 Å². The van der Waals surface area contributed by atoms with E-state index in [1.807, 2.05) is 27.7 Å². The molecule has 5 nitrogen and oxygen atoms in total. The Bertz CT molecular complexity index is 530. The molecular formula is C15H21ClN2O3. The Morgan fingerprint density at radius 3 is 2.38 bits per heavy atom. The van der Waals surface area contributed by atoms with E-state index in [9.17, 15) is 9.59 Å². The number of carboxylic acid groups (broad SMARTS) is 1. The Hall–Kier alpha value is -1.62. The highest BCUT2D eigenvalue weighted by molar-refractivity contribution is 6.29. The Morgan fingerprint density at radius 2 is 1.90 bits per heavy atom. The molecule has 1 amide bonds. The van der Waals surface area contributed by atoms with Gasteiger partial charge in [-0.1, -0.05) is 39.3 Å². The van der Waals surface area contributed by atoms with Crippen LogP contribution in [-0.4, -0.2) is 28.5 Å². The maximum absolute atomic E-state index is 12.1. The van der Waals surface area contributed by atoms with Gasteiger partial charge in [-0.15, -0.1) is 0 Å². The molecule has 6 heteroatoms.